The third kappa shape index (κ3) is 3.25. The van der Waals surface area contributed by atoms with Crippen molar-refractivity contribution in [2.45, 2.75) is 44.4 Å². The van der Waals surface area contributed by atoms with Crippen LogP contribution in [0.15, 0.2) is 39.9 Å². The van der Waals surface area contributed by atoms with Gasteiger partial charge in [0, 0.05) is 11.6 Å². The van der Waals surface area contributed by atoms with E-state index in [2.05, 4.69) is 0 Å². The third-order valence-corrected chi connectivity index (χ3v) is 4.73. The van der Waals surface area contributed by atoms with Crippen LogP contribution in [0.5, 0.6) is 5.88 Å². The number of nitrogens with zero attached hydrogens (tertiary/aromatic N) is 2. The maximum Gasteiger partial charge on any atom is 0.334 e. The fraction of sp³-hybridized carbons (Fsp3) is 0.412. The molecule has 2 atom stereocenters. The Hall–Kier alpha value is -2.05. The van der Waals surface area contributed by atoms with E-state index in [1.807, 2.05) is 12.1 Å². The molecule has 1 aromatic heterocycles. The summed E-state index contributed by atoms with van der Waals surface area (Å²) < 4.78 is 2.22. The maximum atomic E-state index is 12.7. The van der Waals surface area contributed by atoms with E-state index in [1.54, 1.807) is 12.1 Å². The lowest BCUT2D eigenvalue weighted by molar-refractivity contribution is 0.130. The summed E-state index contributed by atoms with van der Waals surface area (Å²) in [4.78, 5) is 24.8. The van der Waals surface area contributed by atoms with Gasteiger partial charge in [-0.25, -0.2) is 4.79 Å². The zero-order chi connectivity index (χ0) is 17.3. The molecule has 0 spiro atoms. The normalized spacial score (nSPS) is 20.4. The van der Waals surface area contributed by atoms with Gasteiger partial charge < -0.3 is 10.2 Å². The van der Waals surface area contributed by atoms with Crippen molar-refractivity contribution >= 4 is 11.6 Å². The maximum absolute atomic E-state index is 12.7. The molecule has 0 radical (unpaired) electrons. The minimum Gasteiger partial charge on any atom is -0.494 e. The SMILES string of the molecule is O=c1cc(O)n(CCc2cccc(Cl)c2)c(=O)n1[C@H]1CCC[C@@H]1O. The van der Waals surface area contributed by atoms with Gasteiger partial charge in [-0.1, -0.05) is 23.7 Å². The largest absolute Gasteiger partial charge is 0.494 e. The summed E-state index contributed by atoms with van der Waals surface area (Å²) in [6.07, 6.45) is 1.69. The summed E-state index contributed by atoms with van der Waals surface area (Å²) in [7, 11) is 0. The summed E-state index contributed by atoms with van der Waals surface area (Å²) >= 11 is 5.95. The van der Waals surface area contributed by atoms with Gasteiger partial charge in [0.15, 0.2) is 0 Å². The number of aliphatic hydroxyl groups is 1. The fourth-order valence-electron chi connectivity index (χ4n) is 3.25. The summed E-state index contributed by atoms with van der Waals surface area (Å²) in [5, 5.41) is 20.6. The molecule has 0 amide bonds. The molecule has 1 heterocycles. The highest BCUT2D eigenvalue weighted by atomic mass is 35.5. The molecule has 0 saturated heterocycles. The Morgan fingerprint density at radius 1 is 1.21 bits per heavy atom. The van der Waals surface area contributed by atoms with Gasteiger partial charge in [0.25, 0.3) is 5.56 Å². The van der Waals surface area contributed by atoms with Crippen LogP contribution < -0.4 is 11.2 Å². The van der Waals surface area contributed by atoms with E-state index in [0.29, 0.717) is 24.3 Å². The van der Waals surface area contributed by atoms with Gasteiger partial charge in [-0.05, 0) is 43.4 Å². The fourth-order valence-corrected chi connectivity index (χ4v) is 3.46. The number of hydrogen-bond acceptors (Lipinski definition) is 4. The van der Waals surface area contributed by atoms with Crippen molar-refractivity contribution in [2.75, 3.05) is 0 Å². The molecular weight excluding hydrogens is 332 g/mol. The van der Waals surface area contributed by atoms with Crippen LogP contribution >= 0.6 is 11.6 Å². The Morgan fingerprint density at radius 3 is 2.67 bits per heavy atom. The monoisotopic (exact) mass is 350 g/mol. The molecule has 1 fully saturated rings. The second-order valence-electron chi connectivity index (χ2n) is 6.09. The topological polar surface area (TPSA) is 84.5 Å². The molecular formula is C17H19ClN2O4. The van der Waals surface area contributed by atoms with Crippen LogP contribution in [0.4, 0.5) is 0 Å². The first-order chi connectivity index (χ1) is 11.5. The first kappa shape index (κ1) is 16.8. The molecule has 24 heavy (non-hydrogen) atoms. The third-order valence-electron chi connectivity index (χ3n) is 4.49. The Balaban J connectivity index is 1.93. The van der Waals surface area contributed by atoms with Crippen LogP contribution in [0.1, 0.15) is 30.9 Å². The number of aryl methyl sites for hydroxylation is 1. The molecule has 1 saturated carbocycles. The van der Waals surface area contributed by atoms with E-state index in [-0.39, 0.29) is 12.4 Å². The van der Waals surface area contributed by atoms with Gasteiger partial charge in [0.2, 0.25) is 5.88 Å². The van der Waals surface area contributed by atoms with Crippen LogP contribution in [0.2, 0.25) is 5.02 Å². The Labute approximate surface area is 143 Å². The van der Waals surface area contributed by atoms with Gasteiger partial charge in [0.05, 0.1) is 18.2 Å². The standard InChI is InChI=1S/C17H19ClN2O4/c18-12-4-1-3-11(9-12)7-8-19-15(22)10-16(23)20(17(19)24)13-5-2-6-14(13)21/h1,3-4,9-10,13-14,21-22H,2,5-8H2/t13-,14-/m0/s1. The van der Waals surface area contributed by atoms with E-state index in [0.717, 1.165) is 27.2 Å². The Kier molecular flexibility index (Phi) is 4.78. The predicted octanol–water partition coefficient (Wildman–Crippen LogP) is 1.70. The zero-order valence-corrected chi connectivity index (χ0v) is 13.8. The van der Waals surface area contributed by atoms with E-state index < -0.39 is 23.4 Å². The van der Waals surface area contributed by atoms with Gasteiger partial charge in [0.1, 0.15) is 0 Å². The van der Waals surface area contributed by atoms with E-state index >= 15 is 0 Å². The number of aromatic hydroxyl groups is 1. The zero-order valence-electron chi connectivity index (χ0n) is 13.1. The van der Waals surface area contributed by atoms with Crippen molar-refractivity contribution in [1.82, 2.24) is 9.13 Å². The van der Waals surface area contributed by atoms with Crippen molar-refractivity contribution in [3.05, 3.63) is 61.8 Å². The summed E-state index contributed by atoms with van der Waals surface area (Å²) in [5.74, 6) is -0.365. The Bertz CT molecular complexity index is 858. The van der Waals surface area contributed by atoms with E-state index in [1.165, 1.54) is 0 Å². The van der Waals surface area contributed by atoms with E-state index in [9.17, 15) is 19.8 Å². The second-order valence-corrected chi connectivity index (χ2v) is 6.53. The Morgan fingerprint density at radius 2 is 2.00 bits per heavy atom. The molecule has 0 aliphatic heterocycles. The van der Waals surface area contributed by atoms with Crippen molar-refractivity contribution in [3.8, 4) is 5.88 Å². The summed E-state index contributed by atoms with van der Waals surface area (Å²) in [6.45, 7) is 0.216. The van der Waals surface area contributed by atoms with Gasteiger partial charge >= 0.3 is 5.69 Å². The summed E-state index contributed by atoms with van der Waals surface area (Å²) in [5.41, 5.74) is -0.247. The number of hydrogen-bond donors (Lipinski definition) is 2. The molecule has 3 rings (SSSR count). The molecule has 0 unspecified atom stereocenters. The van der Waals surface area contributed by atoms with Gasteiger partial charge in [-0.3, -0.25) is 13.9 Å². The highest BCUT2D eigenvalue weighted by Gasteiger charge is 2.30. The molecule has 7 heteroatoms. The van der Waals surface area contributed by atoms with Crippen LogP contribution in [-0.4, -0.2) is 25.5 Å². The van der Waals surface area contributed by atoms with Crippen LogP contribution in [0.25, 0.3) is 0 Å². The molecule has 128 valence electrons. The van der Waals surface area contributed by atoms with Gasteiger partial charge in [-0.15, -0.1) is 0 Å². The number of benzene rings is 1. The lowest BCUT2D eigenvalue weighted by Crippen LogP contribution is -2.43. The lowest BCUT2D eigenvalue weighted by atomic mass is 10.1. The molecule has 2 N–H and O–H groups in total. The first-order valence-electron chi connectivity index (χ1n) is 7.95. The molecule has 2 aromatic rings. The van der Waals surface area contributed by atoms with Crippen molar-refractivity contribution in [2.24, 2.45) is 0 Å². The number of aliphatic hydroxyl groups excluding tert-OH is 1. The van der Waals surface area contributed by atoms with Crippen molar-refractivity contribution in [1.29, 1.82) is 0 Å². The van der Waals surface area contributed by atoms with Crippen molar-refractivity contribution in [3.63, 3.8) is 0 Å². The average Bonchev–Trinajstić information content (AvgIpc) is 2.93. The van der Waals surface area contributed by atoms with E-state index in [4.69, 9.17) is 11.6 Å². The molecule has 0 bridgehead atoms. The summed E-state index contributed by atoms with van der Waals surface area (Å²) in [6, 6.07) is 7.75. The lowest BCUT2D eigenvalue weighted by Gasteiger charge is -2.19. The predicted molar refractivity (Wildman–Crippen MR) is 90.7 cm³/mol. The van der Waals surface area contributed by atoms with Gasteiger partial charge in [-0.2, -0.15) is 0 Å². The highest BCUT2D eigenvalue weighted by Crippen LogP contribution is 2.28. The highest BCUT2D eigenvalue weighted by molar-refractivity contribution is 6.30. The average molecular weight is 351 g/mol. The molecule has 1 aliphatic rings. The molecule has 1 aliphatic carbocycles. The minimum atomic E-state index is -0.707. The smallest absolute Gasteiger partial charge is 0.334 e. The second kappa shape index (κ2) is 6.83. The van der Waals surface area contributed by atoms with Crippen molar-refractivity contribution < 1.29 is 10.2 Å². The van der Waals surface area contributed by atoms with Crippen LogP contribution in [-0.2, 0) is 13.0 Å². The number of halogens is 1. The van der Waals surface area contributed by atoms with Crippen LogP contribution in [0, 0.1) is 0 Å². The molecule has 1 aromatic carbocycles. The quantitative estimate of drug-likeness (QED) is 0.879. The minimum absolute atomic E-state index is 0.216. The first-order valence-corrected chi connectivity index (χ1v) is 8.33. The molecule has 6 nitrogen and oxygen atoms in total. The number of rotatable bonds is 4. The van der Waals surface area contributed by atoms with Crippen LogP contribution in [0.3, 0.4) is 0 Å². The number of aromatic nitrogens is 2.